The number of rotatable bonds is 7. The minimum absolute atomic E-state index is 0.0916. The molecule has 0 spiro atoms. The smallest absolute Gasteiger partial charge is 0.251 e. The van der Waals surface area contributed by atoms with Crippen molar-refractivity contribution in [3.8, 4) is 0 Å². The van der Waals surface area contributed by atoms with Crippen LogP contribution in [0.3, 0.4) is 0 Å². The first-order chi connectivity index (χ1) is 14.2. The number of piperidine rings is 1. The van der Waals surface area contributed by atoms with Gasteiger partial charge in [-0.15, -0.1) is 0 Å². The van der Waals surface area contributed by atoms with Crippen LogP contribution in [0.25, 0.3) is 0 Å². The average Bonchev–Trinajstić information content (AvgIpc) is 2.99. The van der Waals surface area contributed by atoms with Crippen molar-refractivity contribution < 1.29 is 13.2 Å². The maximum Gasteiger partial charge on any atom is 0.251 e. The van der Waals surface area contributed by atoms with Gasteiger partial charge in [-0.25, -0.2) is 12.7 Å². The summed E-state index contributed by atoms with van der Waals surface area (Å²) in [6.45, 7) is 8.52. The van der Waals surface area contributed by atoms with Crippen LogP contribution in [0.15, 0.2) is 24.3 Å². The van der Waals surface area contributed by atoms with Crippen molar-refractivity contribution in [2.24, 2.45) is 5.92 Å². The van der Waals surface area contributed by atoms with Crippen LogP contribution in [0.4, 0.5) is 0 Å². The molecule has 2 aromatic rings. The second-order valence-corrected chi connectivity index (χ2v) is 10.1. The van der Waals surface area contributed by atoms with Gasteiger partial charge in [0.05, 0.1) is 11.9 Å². The Kier molecular flexibility index (Phi) is 6.98. The van der Waals surface area contributed by atoms with Crippen LogP contribution in [-0.4, -0.2) is 47.8 Å². The molecule has 1 saturated heterocycles. The lowest BCUT2D eigenvalue weighted by molar-refractivity contribution is 0.0951. The molecule has 1 N–H and O–H groups in total. The van der Waals surface area contributed by atoms with Crippen molar-refractivity contribution in [1.82, 2.24) is 19.4 Å². The molecule has 1 aromatic heterocycles. The Hall–Kier alpha value is -2.19. The molecule has 0 radical (unpaired) electrons. The van der Waals surface area contributed by atoms with Gasteiger partial charge in [-0.3, -0.25) is 9.48 Å². The average molecular weight is 433 g/mol. The molecule has 1 fully saturated rings. The summed E-state index contributed by atoms with van der Waals surface area (Å²) >= 11 is 0. The number of sulfonamides is 1. The number of amides is 1. The van der Waals surface area contributed by atoms with E-state index >= 15 is 0 Å². The third-order valence-electron chi connectivity index (χ3n) is 6.04. The van der Waals surface area contributed by atoms with Gasteiger partial charge in [0, 0.05) is 43.0 Å². The van der Waals surface area contributed by atoms with Gasteiger partial charge in [0.15, 0.2) is 0 Å². The Labute approximate surface area is 179 Å². The van der Waals surface area contributed by atoms with E-state index in [1.807, 2.05) is 42.8 Å². The fraction of sp³-hybridized carbons (Fsp3) is 0.545. The topological polar surface area (TPSA) is 84.3 Å². The third-order valence-corrected chi connectivity index (χ3v) is 7.34. The second kappa shape index (κ2) is 9.31. The van der Waals surface area contributed by atoms with Gasteiger partial charge in [0.2, 0.25) is 10.0 Å². The van der Waals surface area contributed by atoms with Crippen LogP contribution in [-0.2, 0) is 29.5 Å². The van der Waals surface area contributed by atoms with Crippen molar-refractivity contribution >= 4 is 15.9 Å². The summed E-state index contributed by atoms with van der Waals surface area (Å²) in [5.41, 5.74) is 4.94. The number of hydrogen-bond acceptors (Lipinski definition) is 4. The van der Waals surface area contributed by atoms with E-state index in [1.165, 1.54) is 11.8 Å². The first-order valence-electron chi connectivity index (χ1n) is 10.5. The highest BCUT2D eigenvalue weighted by Crippen LogP contribution is 2.23. The molecule has 0 bridgehead atoms. The molecule has 30 heavy (non-hydrogen) atoms. The zero-order chi connectivity index (χ0) is 21.9. The van der Waals surface area contributed by atoms with Crippen LogP contribution in [0.2, 0.25) is 0 Å². The molecule has 1 aromatic carbocycles. The number of nitrogens with one attached hydrogen (secondary N) is 1. The van der Waals surface area contributed by atoms with Crippen LogP contribution >= 0.6 is 0 Å². The normalized spacial score (nSPS) is 16.0. The maximum absolute atomic E-state index is 12.5. The number of aromatic nitrogens is 2. The number of aryl methyl sites for hydroxylation is 2. The summed E-state index contributed by atoms with van der Waals surface area (Å²) in [5.74, 6) is 0.384. The van der Waals surface area contributed by atoms with Gasteiger partial charge in [0.1, 0.15) is 0 Å². The van der Waals surface area contributed by atoms with Crippen molar-refractivity contribution in [2.45, 2.75) is 53.1 Å². The highest BCUT2D eigenvalue weighted by atomic mass is 32.2. The molecule has 0 saturated carbocycles. The van der Waals surface area contributed by atoms with E-state index in [0.717, 1.165) is 42.8 Å². The Morgan fingerprint density at radius 1 is 1.17 bits per heavy atom. The Balaban J connectivity index is 1.53. The maximum atomic E-state index is 12.5. The summed E-state index contributed by atoms with van der Waals surface area (Å²) in [6.07, 6.45) is 3.93. The molecule has 7 nitrogen and oxygen atoms in total. The molecular weight excluding hydrogens is 400 g/mol. The second-order valence-electron chi connectivity index (χ2n) is 8.15. The van der Waals surface area contributed by atoms with Gasteiger partial charge in [-0.1, -0.05) is 12.1 Å². The lowest BCUT2D eigenvalue weighted by Crippen LogP contribution is -2.38. The summed E-state index contributed by atoms with van der Waals surface area (Å²) in [4.78, 5) is 12.5. The number of hydrogen-bond donors (Lipinski definition) is 1. The van der Waals surface area contributed by atoms with Crippen molar-refractivity contribution in [3.05, 3.63) is 52.3 Å². The molecule has 3 rings (SSSR count). The van der Waals surface area contributed by atoms with Gasteiger partial charge in [0.25, 0.3) is 5.91 Å². The minimum atomic E-state index is -3.09. The first kappa shape index (κ1) is 22.5. The quantitative estimate of drug-likeness (QED) is 0.729. The predicted molar refractivity (Wildman–Crippen MR) is 118 cm³/mol. The first-order valence-corrected chi connectivity index (χ1v) is 12.4. The van der Waals surface area contributed by atoms with Gasteiger partial charge >= 0.3 is 0 Å². The summed E-state index contributed by atoms with van der Waals surface area (Å²) in [6, 6.07) is 7.74. The highest BCUT2D eigenvalue weighted by molar-refractivity contribution is 7.88. The van der Waals surface area contributed by atoms with E-state index in [9.17, 15) is 13.2 Å². The van der Waals surface area contributed by atoms with Crippen LogP contribution in [0.1, 0.15) is 52.6 Å². The van der Waals surface area contributed by atoms with Crippen LogP contribution < -0.4 is 5.32 Å². The lowest BCUT2D eigenvalue weighted by Gasteiger charge is -2.30. The molecular formula is C22H32N4O3S. The fourth-order valence-electron chi connectivity index (χ4n) is 4.14. The molecule has 164 valence electrons. The minimum Gasteiger partial charge on any atom is -0.348 e. The largest absolute Gasteiger partial charge is 0.348 e. The third kappa shape index (κ3) is 5.29. The molecule has 0 atom stereocenters. The van der Waals surface area contributed by atoms with Crippen molar-refractivity contribution in [2.75, 3.05) is 19.3 Å². The number of carbonyl (C=O) groups is 1. The van der Waals surface area contributed by atoms with E-state index in [0.29, 0.717) is 31.1 Å². The van der Waals surface area contributed by atoms with Gasteiger partial charge < -0.3 is 5.32 Å². The molecule has 0 unspecified atom stereocenters. The number of carbonyl (C=O) groups excluding carboxylic acids is 1. The lowest BCUT2D eigenvalue weighted by atomic mass is 9.91. The molecule has 1 aliphatic rings. The zero-order valence-electron chi connectivity index (χ0n) is 18.3. The summed E-state index contributed by atoms with van der Waals surface area (Å²) in [5, 5.41) is 7.49. The van der Waals surface area contributed by atoms with E-state index < -0.39 is 10.0 Å². The Bertz CT molecular complexity index is 988. The molecule has 1 aliphatic heterocycles. The zero-order valence-corrected chi connectivity index (χ0v) is 19.1. The van der Waals surface area contributed by atoms with E-state index in [1.54, 1.807) is 4.31 Å². The van der Waals surface area contributed by atoms with E-state index in [-0.39, 0.29) is 5.91 Å². The monoisotopic (exact) mass is 432 g/mol. The molecule has 0 aliphatic carbocycles. The Morgan fingerprint density at radius 3 is 2.33 bits per heavy atom. The summed E-state index contributed by atoms with van der Waals surface area (Å²) in [7, 11) is -3.09. The van der Waals surface area contributed by atoms with Gasteiger partial charge in [-0.05, 0) is 63.6 Å². The molecule has 8 heteroatoms. The van der Waals surface area contributed by atoms with Gasteiger partial charge in [-0.2, -0.15) is 5.10 Å². The highest BCUT2D eigenvalue weighted by Gasteiger charge is 2.25. The summed E-state index contributed by atoms with van der Waals surface area (Å²) < 4.78 is 26.8. The predicted octanol–water partition coefficient (Wildman–Crippen LogP) is 2.66. The van der Waals surface area contributed by atoms with Crippen molar-refractivity contribution in [3.63, 3.8) is 0 Å². The molecule has 1 amide bonds. The van der Waals surface area contributed by atoms with E-state index in [2.05, 4.69) is 17.3 Å². The SMILES string of the molecule is CCn1nc(C)c(CNC(=O)c2ccc(CC3CCN(S(C)(=O)=O)CC3)cc2)c1C. The van der Waals surface area contributed by atoms with Crippen LogP contribution in [0.5, 0.6) is 0 Å². The molecule has 2 heterocycles. The van der Waals surface area contributed by atoms with E-state index in [4.69, 9.17) is 0 Å². The standard InChI is InChI=1S/C22H32N4O3S/c1-5-26-17(3)21(16(2)24-26)15-23-22(27)20-8-6-18(7-9-20)14-19-10-12-25(13-11-19)30(4,28)29/h6-9,19H,5,10-15H2,1-4H3,(H,23,27). The van der Waals surface area contributed by atoms with Crippen LogP contribution in [0, 0.1) is 19.8 Å². The van der Waals surface area contributed by atoms with Crippen molar-refractivity contribution in [1.29, 1.82) is 0 Å². The Morgan fingerprint density at radius 2 is 1.80 bits per heavy atom. The number of nitrogens with zero attached hydrogens (tertiary/aromatic N) is 3. The fourth-order valence-corrected chi connectivity index (χ4v) is 5.01. The number of benzene rings is 1.